The number of benzene rings is 1. The van der Waals surface area contributed by atoms with Crippen LogP contribution in [0.2, 0.25) is 0 Å². The second-order valence-electron chi connectivity index (χ2n) is 6.40. The summed E-state index contributed by atoms with van der Waals surface area (Å²) in [7, 11) is 3.86. The van der Waals surface area contributed by atoms with E-state index in [1.165, 1.54) is 0 Å². The molecule has 0 atom stereocenters. The Morgan fingerprint density at radius 2 is 2.00 bits per heavy atom. The van der Waals surface area contributed by atoms with Gasteiger partial charge in [-0.25, -0.2) is 9.67 Å². The summed E-state index contributed by atoms with van der Waals surface area (Å²) in [5.41, 5.74) is 2.13. The number of para-hydroxylation sites is 1. The SMILES string of the molecule is CCNC(=NCc1cnn(-c2ccccc2)c1)NCCN(C)CCCOC.I. The van der Waals surface area contributed by atoms with E-state index in [1.807, 2.05) is 47.4 Å². The van der Waals surface area contributed by atoms with Crippen LogP contribution in [0.4, 0.5) is 0 Å². The Morgan fingerprint density at radius 3 is 2.71 bits per heavy atom. The maximum Gasteiger partial charge on any atom is 0.191 e. The van der Waals surface area contributed by atoms with Crippen LogP contribution in [0.25, 0.3) is 5.69 Å². The molecular weight excluding hydrogens is 467 g/mol. The van der Waals surface area contributed by atoms with Crippen LogP contribution in [0.15, 0.2) is 47.7 Å². The standard InChI is InChI=1S/C20H32N6O.HI/c1-4-21-20(22-11-13-25(2)12-8-14-27-3)23-15-18-16-24-26(17-18)19-9-6-5-7-10-19;/h5-7,9-10,16-17H,4,8,11-15H2,1-3H3,(H2,21,22,23);1H. The number of halogens is 1. The van der Waals surface area contributed by atoms with E-state index in [2.05, 4.69) is 39.6 Å². The quantitative estimate of drug-likeness (QED) is 0.215. The number of guanidine groups is 1. The van der Waals surface area contributed by atoms with E-state index in [0.29, 0.717) is 6.54 Å². The molecule has 1 aromatic carbocycles. The Labute approximate surface area is 185 Å². The van der Waals surface area contributed by atoms with Crippen molar-refractivity contribution in [2.75, 3.05) is 46.9 Å². The summed E-state index contributed by atoms with van der Waals surface area (Å²) in [5.74, 6) is 0.829. The van der Waals surface area contributed by atoms with Crippen molar-refractivity contribution in [2.45, 2.75) is 19.9 Å². The monoisotopic (exact) mass is 500 g/mol. The number of aliphatic imine (C=N–C) groups is 1. The van der Waals surface area contributed by atoms with Crippen LogP contribution < -0.4 is 10.6 Å². The molecule has 7 nitrogen and oxygen atoms in total. The molecule has 0 radical (unpaired) electrons. The summed E-state index contributed by atoms with van der Waals surface area (Å²) in [5, 5.41) is 11.1. The zero-order chi connectivity index (χ0) is 19.3. The maximum atomic E-state index is 5.09. The molecule has 2 aromatic rings. The number of hydrogen-bond acceptors (Lipinski definition) is 4. The van der Waals surface area contributed by atoms with Crippen LogP contribution in [0, 0.1) is 0 Å². The first-order valence-corrected chi connectivity index (χ1v) is 9.51. The number of rotatable bonds is 11. The minimum Gasteiger partial charge on any atom is -0.385 e. The van der Waals surface area contributed by atoms with Gasteiger partial charge in [0.2, 0.25) is 0 Å². The molecule has 28 heavy (non-hydrogen) atoms. The van der Waals surface area contributed by atoms with E-state index in [-0.39, 0.29) is 24.0 Å². The molecule has 0 fully saturated rings. The third kappa shape index (κ3) is 9.03. The lowest BCUT2D eigenvalue weighted by Crippen LogP contribution is -2.41. The van der Waals surface area contributed by atoms with Gasteiger partial charge in [-0.05, 0) is 32.5 Å². The number of hydrogen-bond donors (Lipinski definition) is 2. The second-order valence-corrected chi connectivity index (χ2v) is 6.40. The van der Waals surface area contributed by atoms with E-state index >= 15 is 0 Å². The molecule has 156 valence electrons. The smallest absolute Gasteiger partial charge is 0.191 e. The normalized spacial score (nSPS) is 11.4. The first kappa shape index (κ1) is 24.4. The maximum absolute atomic E-state index is 5.09. The topological polar surface area (TPSA) is 66.7 Å². The fourth-order valence-corrected chi connectivity index (χ4v) is 2.63. The highest BCUT2D eigenvalue weighted by molar-refractivity contribution is 14.0. The molecule has 0 saturated heterocycles. The van der Waals surface area contributed by atoms with Crippen molar-refractivity contribution < 1.29 is 4.74 Å². The van der Waals surface area contributed by atoms with Gasteiger partial charge in [0.05, 0.1) is 18.4 Å². The third-order valence-corrected chi connectivity index (χ3v) is 4.10. The fourth-order valence-electron chi connectivity index (χ4n) is 2.63. The molecule has 0 saturated carbocycles. The number of nitrogens with one attached hydrogen (secondary N) is 2. The highest BCUT2D eigenvalue weighted by Crippen LogP contribution is 2.08. The van der Waals surface area contributed by atoms with Gasteiger partial charge in [-0.15, -0.1) is 24.0 Å². The number of aromatic nitrogens is 2. The van der Waals surface area contributed by atoms with Gasteiger partial charge in [-0.2, -0.15) is 5.10 Å². The van der Waals surface area contributed by atoms with Gasteiger partial charge >= 0.3 is 0 Å². The number of ether oxygens (including phenoxy) is 1. The minimum atomic E-state index is 0. The van der Waals surface area contributed by atoms with Crippen molar-refractivity contribution in [3.8, 4) is 5.69 Å². The lowest BCUT2D eigenvalue weighted by molar-refractivity contribution is 0.180. The van der Waals surface area contributed by atoms with Crippen molar-refractivity contribution >= 4 is 29.9 Å². The second kappa shape index (κ2) is 14.4. The van der Waals surface area contributed by atoms with Gasteiger partial charge in [0.1, 0.15) is 0 Å². The molecule has 0 aliphatic heterocycles. The molecule has 0 amide bonds. The Balaban J connectivity index is 0.00000392. The van der Waals surface area contributed by atoms with E-state index < -0.39 is 0 Å². The molecule has 0 unspecified atom stereocenters. The van der Waals surface area contributed by atoms with Crippen LogP contribution in [0.1, 0.15) is 18.9 Å². The van der Waals surface area contributed by atoms with Crippen LogP contribution in [-0.2, 0) is 11.3 Å². The van der Waals surface area contributed by atoms with Crippen LogP contribution in [-0.4, -0.2) is 67.6 Å². The van der Waals surface area contributed by atoms with Gasteiger partial charge in [0, 0.05) is 51.7 Å². The Hall–Kier alpha value is -1.65. The van der Waals surface area contributed by atoms with E-state index in [1.54, 1.807) is 7.11 Å². The average molecular weight is 500 g/mol. The Morgan fingerprint density at radius 1 is 1.21 bits per heavy atom. The summed E-state index contributed by atoms with van der Waals surface area (Å²) >= 11 is 0. The van der Waals surface area contributed by atoms with Crippen LogP contribution in [0.3, 0.4) is 0 Å². The average Bonchev–Trinajstić information content (AvgIpc) is 3.16. The number of likely N-dealkylation sites (N-methyl/N-ethyl adjacent to an activating group) is 1. The summed E-state index contributed by atoms with van der Waals surface area (Å²) in [4.78, 5) is 6.96. The Bertz CT molecular complexity index is 676. The molecule has 1 heterocycles. The molecule has 2 rings (SSSR count). The van der Waals surface area contributed by atoms with Gasteiger partial charge in [-0.3, -0.25) is 0 Å². The largest absolute Gasteiger partial charge is 0.385 e. The molecule has 1 aromatic heterocycles. The van der Waals surface area contributed by atoms with Crippen LogP contribution in [0.5, 0.6) is 0 Å². The molecule has 0 aliphatic carbocycles. The molecular formula is C20H33IN6O. The molecule has 0 bridgehead atoms. The summed E-state index contributed by atoms with van der Waals surface area (Å²) < 4.78 is 6.97. The first-order valence-electron chi connectivity index (χ1n) is 9.51. The third-order valence-electron chi connectivity index (χ3n) is 4.10. The predicted octanol–water partition coefficient (Wildman–Crippen LogP) is 2.51. The zero-order valence-corrected chi connectivity index (χ0v) is 19.4. The Kier molecular flexibility index (Phi) is 12.5. The summed E-state index contributed by atoms with van der Waals surface area (Å²) in [6.07, 6.45) is 4.93. The van der Waals surface area contributed by atoms with Gasteiger partial charge in [0.25, 0.3) is 0 Å². The molecule has 0 aliphatic rings. The van der Waals surface area contributed by atoms with E-state index in [0.717, 1.165) is 56.4 Å². The highest BCUT2D eigenvalue weighted by Gasteiger charge is 2.03. The van der Waals surface area contributed by atoms with Gasteiger partial charge in [0.15, 0.2) is 5.96 Å². The van der Waals surface area contributed by atoms with Crippen molar-refractivity contribution in [1.82, 2.24) is 25.3 Å². The summed E-state index contributed by atoms with van der Waals surface area (Å²) in [6, 6.07) is 10.1. The van der Waals surface area contributed by atoms with Crippen molar-refractivity contribution in [3.05, 3.63) is 48.3 Å². The first-order chi connectivity index (χ1) is 13.2. The van der Waals surface area contributed by atoms with E-state index in [9.17, 15) is 0 Å². The molecule has 2 N–H and O–H groups in total. The lowest BCUT2D eigenvalue weighted by atomic mass is 10.3. The molecule has 0 spiro atoms. The predicted molar refractivity (Wildman–Crippen MR) is 126 cm³/mol. The van der Waals surface area contributed by atoms with Gasteiger partial charge < -0.3 is 20.3 Å². The number of nitrogens with zero attached hydrogens (tertiary/aromatic N) is 4. The van der Waals surface area contributed by atoms with Crippen molar-refractivity contribution in [2.24, 2.45) is 4.99 Å². The van der Waals surface area contributed by atoms with Gasteiger partial charge in [-0.1, -0.05) is 18.2 Å². The van der Waals surface area contributed by atoms with Crippen molar-refractivity contribution in [3.63, 3.8) is 0 Å². The van der Waals surface area contributed by atoms with Crippen LogP contribution >= 0.6 is 24.0 Å². The zero-order valence-electron chi connectivity index (χ0n) is 17.1. The lowest BCUT2D eigenvalue weighted by Gasteiger charge is -2.18. The fraction of sp³-hybridized carbons (Fsp3) is 0.500. The molecule has 8 heteroatoms. The summed E-state index contributed by atoms with van der Waals surface area (Å²) in [6.45, 7) is 7.13. The highest BCUT2D eigenvalue weighted by atomic mass is 127. The van der Waals surface area contributed by atoms with Crippen molar-refractivity contribution in [1.29, 1.82) is 0 Å². The number of methoxy groups -OCH3 is 1. The minimum absolute atomic E-state index is 0. The van der Waals surface area contributed by atoms with E-state index in [4.69, 9.17) is 4.74 Å².